The first-order chi connectivity index (χ1) is 5.66. The molecular formula is C8H13NO3. The van der Waals surface area contributed by atoms with E-state index in [9.17, 15) is 4.79 Å². The van der Waals surface area contributed by atoms with Gasteiger partial charge in [0.05, 0.1) is 6.42 Å². The van der Waals surface area contributed by atoms with E-state index < -0.39 is 6.23 Å². The Hall–Kier alpha value is -1.05. The predicted molar refractivity (Wildman–Crippen MR) is 44.1 cm³/mol. The lowest BCUT2D eigenvalue weighted by atomic mass is 10.4. The first kappa shape index (κ1) is 11.0. The monoisotopic (exact) mass is 171 g/mol. The van der Waals surface area contributed by atoms with Gasteiger partial charge >= 0.3 is 5.97 Å². The Morgan fingerprint density at radius 3 is 3.00 bits per heavy atom. The number of carbonyl (C=O) groups is 1. The Balaban J connectivity index is 3.27. The molecule has 0 spiro atoms. The summed E-state index contributed by atoms with van der Waals surface area (Å²) in [6, 6.07) is 0. The molecule has 68 valence electrons. The molecule has 0 amide bonds. The average molecular weight is 171 g/mol. The minimum absolute atomic E-state index is 0.00745. The van der Waals surface area contributed by atoms with Crippen LogP contribution in [-0.2, 0) is 9.53 Å². The quantitative estimate of drug-likeness (QED) is 0.332. The van der Waals surface area contributed by atoms with Crippen LogP contribution in [0.2, 0.25) is 0 Å². The normalized spacial score (nSPS) is 11.8. The van der Waals surface area contributed by atoms with Crippen molar-refractivity contribution < 1.29 is 14.6 Å². The van der Waals surface area contributed by atoms with E-state index in [-0.39, 0.29) is 19.0 Å². The van der Waals surface area contributed by atoms with Crippen LogP contribution in [0.5, 0.6) is 0 Å². The number of ether oxygens (including phenoxy) is 1. The van der Waals surface area contributed by atoms with Crippen LogP contribution in [0.15, 0.2) is 0 Å². The van der Waals surface area contributed by atoms with Crippen molar-refractivity contribution in [1.29, 1.82) is 0 Å². The molecule has 0 saturated heterocycles. The van der Waals surface area contributed by atoms with Gasteiger partial charge in [-0.1, -0.05) is 5.92 Å². The van der Waals surface area contributed by atoms with Gasteiger partial charge in [-0.3, -0.25) is 10.1 Å². The molecule has 0 aliphatic heterocycles. The number of terminal acetylenes is 1. The largest absolute Gasteiger partial charge is 0.452 e. The van der Waals surface area contributed by atoms with E-state index in [0.717, 1.165) is 0 Å². The van der Waals surface area contributed by atoms with Gasteiger partial charge in [-0.05, 0) is 6.92 Å². The van der Waals surface area contributed by atoms with Gasteiger partial charge < -0.3 is 9.84 Å². The molecule has 0 heterocycles. The van der Waals surface area contributed by atoms with Crippen LogP contribution >= 0.6 is 0 Å². The standard InChI is InChI=1S/C8H13NO3/c1-3-6-12-8(11)4-5-9-7(2)10/h1,7,9-10H,4-6H2,2H3. The van der Waals surface area contributed by atoms with Crippen molar-refractivity contribution in [3.05, 3.63) is 0 Å². The van der Waals surface area contributed by atoms with Gasteiger partial charge in [0.25, 0.3) is 0 Å². The van der Waals surface area contributed by atoms with Crippen LogP contribution in [0.25, 0.3) is 0 Å². The van der Waals surface area contributed by atoms with Crippen LogP contribution in [0.3, 0.4) is 0 Å². The zero-order valence-corrected chi connectivity index (χ0v) is 7.04. The molecule has 4 heteroatoms. The van der Waals surface area contributed by atoms with Gasteiger partial charge in [-0.25, -0.2) is 0 Å². The van der Waals surface area contributed by atoms with E-state index >= 15 is 0 Å². The summed E-state index contributed by atoms with van der Waals surface area (Å²) in [5.41, 5.74) is 0. The third-order valence-electron chi connectivity index (χ3n) is 1.09. The fourth-order valence-corrected chi connectivity index (χ4v) is 0.577. The molecule has 1 atom stereocenters. The molecule has 0 fully saturated rings. The van der Waals surface area contributed by atoms with Crippen molar-refractivity contribution in [2.24, 2.45) is 0 Å². The number of hydrogen-bond acceptors (Lipinski definition) is 4. The molecule has 0 saturated carbocycles. The Labute approximate surface area is 71.9 Å². The van der Waals surface area contributed by atoms with Gasteiger partial charge in [-0.15, -0.1) is 6.42 Å². The van der Waals surface area contributed by atoms with E-state index in [1.165, 1.54) is 0 Å². The third kappa shape index (κ3) is 7.06. The summed E-state index contributed by atoms with van der Waals surface area (Å²) in [7, 11) is 0. The van der Waals surface area contributed by atoms with Crippen molar-refractivity contribution >= 4 is 5.97 Å². The maximum absolute atomic E-state index is 10.7. The molecule has 2 N–H and O–H groups in total. The highest BCUT2D eigenvalue weighted by molar-refractivity contribution is 5.69. The first-order valence-corrected chi connectivity index (χ1v) is 3.67. The SMILES string of the molecule is C#CCOC(=O)CCNC(C)O. The second kappa shape index (κ2) is 6.65. The highest BCUT2D eigenvalue weighted by atomic mass is 16.5. The van der Waals surface area contributed by atoms with E-state index in [0.29, 0.717) is 6.54 Å². The van der Waals surface area contributed by atoms with Gasteiger partial charge in [0.15, 0.2) is 6.61 Å². The summed E-state index contributed by atoms with van der Waals surface area (Å²) >= 11 is 0. The molecule has 0 radical (unpaired) electrons. The predicted octanol–water partition coefficient (Wildman–Crippen LogP) is -0.519. The van der Waals surface area contributed by atoms with Crippen LogP contribution < -0.4 is 5.32 Å². The number of esters is 1. The maximum atomic E-state index is 10.7. The number of hydrogen-bond donors (Lipinski definition) is 2. The summed E-state index contributed by atoms with van der Waals surface area (Å²) in [5.74, 6) is 1.82. The van der Waals surface area contributed by atoms with Crippen LogP contribution in [-0.4, -0.2) is 30.5 Å². The highest BCUT2D eigenvalue weighted by Gasteiger charge is 2.01. The zero-order valence-electron chi connectivity index (χ0n) is 7.04. The van der Waals surface area contributed by atoms with Gasteiger partial charge in [0.1, 0.15) is 6.23 Å². The average Bonchev–Trinajstić information content (AvgIpc) is 2.00. The lowest BCUT2D eigenvalue weighted by molar-refractivity contribution is -0.142. The Morgan fingerprint density at radius 2 is 2.50 bits per heavy atom. The number of aliphatic hydroxyl groups excluding tert-OH is 1. The fourth-order valence-electron chi connectivity index (χ4n) is 0.577. The Bertz CT molecular complexity index is 172. The lowest BCUT2D eigenvalue weighted by Crippen LogP contribution is -2.28. The molecule has 0 aliphatic rings. The molecule has 12 heavy (non-hydrogen) atoms. The van der Waals surface area contributed by atoms with Crippen molar-refractivity contribution in [2.45, 2.75) is 19.6 Å². The minimum Gasteiger partial charge on any atom is -0.452 e. The van der Waals surface area contributed by atoms with Crippen molar-refractivity contribution in [2.75, 3.05) is 13.2 Å². The zero-order chi connectivity index (χ0) is 9.40. The molecular weight excluding hydrogens is 158 g/mol. The molecule has 0 bridgehead atoms. The van der Waals surface area contributed by atoms with Crippen molar-refractivity contribution in [3.8, 4) is 12.3 Å². The molecule has 0 rings (SSSR count). The number of aliphatic hydroxyl groups is 1. The molecule has 1 unspecified atom stereocenters. The number of nitrogens with one attached hydrogen (secondary N) is 1. The number of carbonyl (C=O) groups excluding carboxylic acids is 1. The number of rotatable bonds is 5. The summed E-state index contributed by atoms with van der Waals surface area (Å²) in [5, 5.41) is 11.4. The van der Waals surface area contributed by atoms with Crippen LogP contribution in [0.4, 0.5) is 0 Å². The second-order valence-electron chi connectivity index (χ2n) is 2.24. The highest BCUT2D eigenvalue weighted by Crippen LogP contribution is 1.84. The molecule has 0 aliphatic carbocycles. The third-order valence-corrected chi connectivity index (χ3v) is 1.09. The van der Waals surface area contributed by atoms with Gasteiger partial charge in [0, 0.05) is 6.54 Å². The molecule has 4 nitrogen and oxygen atoms in total. The second-order valence-corrected chi connectivity index (χ2v) is 2.24. The van der Waals surface area contributed by atoms with E-state index in [1.54, 1.807) is 6.92 Å². The lowest BCUT2D eigenvalue weighted by Gasteiger charge is -2.05. The Morgan fingerprint density at radius 1 is 1.83 bits per heavy atom. The summed E-state index contributed by atoms with van der Waals surface area (Å²) < 4.78 is 4.58. The minimum atomic E-state index is -0.606. The molecule has 0 aromatic rings. The summed E-state index contributed by atoms with van der Waals surface area (Å²) in [6.45, 7) is 1.97. The smallest absolute Gasteiger partial charge is 0.308 e. The first-order valence-electron chi connectivity index (χ1n) is 3.67. The fraction of sp³-hybridized carbons (Fsp3) is 0.625. The van der Waals surface area contributed by atoms with Crippen molar-refractivity contribution in [1.82, 2.24) is 5.32 Å². The van der Waals surface area contributed by atoms with Gasteiger partial charge in [-0.2, -0.15) is 0 Å². The molecule has 0 aromatic heterocycles. The van der Waals surface area contributed by atoms with Crippen LogP contribution in [0, 0.1) is 12.3 Å². The van der Waals surface area contributed by atoms with E-state index in [4.69, 9.17) is 11.5 Å². The maximum Gasteiger partial charge on any atom is 0.308 e. The molecule has 0 aromatic carbocycles. The topological polar surface area (TPSA) is 58.6 Å². The summed E-state index contributed by atoms with van der Waals surface area (Å²) in [6.07, 6.45) is 4.48. The van der Waals surface area contributed by atoms with Crippen molar-refractivity contribution in [3.63, 3.8) is 0 Å². The summed E-state index contributed by atoms with van der Waals surface area (Å²) in [4.78, 5) is 10.7. The van der Waals surface area contributed by atoms with E-state index in [2.05, 4.69) is 16.0 Å². The Kier molecular flexibility index (Phi) is 6.07. The van der Waals surface area contributed by atoms with E-state index in [1.807, 2.05) is 0 Å². The van der Waals surface area contributed by atoms with Crippen LogP contribution in [0.1, 0.15) is 13.3 Å². The van der Waals surface area contributed by atoms with Gasteiger partial charge in [0.2, 0.25) is 0 Å².